The highest BCUT2D eigenvalue weighted by Gasteiger charge is 2.28. The van der Waals surface area contributed by atoms with Crippen molar-refractivity contribution in [2.24, 2.45) is 0 Å². The molecule has 1 aromatic carbocycles. The number of pyridine rings is 1. The zero-order valence-electron chi connectivity index (χ0n) is 20.1. The van der Waals surface area contributed by atoms with Crippen molar-refractivity contribution in [1.29, 1.82) is 0 Å². The molecule has 0 fully saturated rings. The Hall–Kier alpha value is -2.49. The van der Waals surface area contributed by atoms with Gasteiger partial charge in [-0.3, -0.25) is 4.57 Å². The predicted octanol–water partition coefficient (Wildman–Crippen LogP) is 3.81. The Kier molecular flexibility index (Phi) is 9.44. The summed E-state index contributed by atoms with van der Waals surface area (Å²) in [5.41, 5.74) is 8.93. The number of hydrogen-bond donors (Lipinski definition) is 2. The van der Waals surface area contributed by atoms with Gasteiger partial charge in [0.05, 0.1) is 31.2 Å². The number of hydrogen-bond acceptors (Lipinski definition) is 8. The van der Waals surface area contributed by atoms with Gasteiger partial charge in [0.25, 0.3) is 0 Å². The topological polar surface area (TPSA) is 123 Å². The van der Waals surface area contributed by atoms with Crippen LogP contribution in [0.5, 0.6) is 5.75 Å². The van der Waals surface area contributed by atoms with Crippen molar-refractivity contribution in [3.05, 3.63) is 48.4 Å². The van der Waals surface area contributed by atoms with Crippen LogP contribution in [0, 0.1) is 0 Å². The van der Waals surface area contributed by atoms with Gasteiger partial charge in [-0.05, 0) is 44.0 Å². The summed E-state index contributed by atoms with van der Waals surface area (Å²) < 4.78 is 38.3. The minimum absolute atomic E-state index is 0.144. The van der Waals surface area contributed by atoms with Crippen LogP contribution in [0.1, 0.15) is 26.3 Å². The van der Waals surface area contributed by atoms with Crippen molar-refractivity contribution in [2.45, 2.75) is 46.1 Å². The lowest BCUT2D eigenvalue weighted by atomic mass is 10.2. The Bertz CT molecular complexity index is 1110. The van der Waals surface area contributed by atoms with Gasteiger partial charge in [-0.25, -0.2) is 15.1 Å². The monoisotopic (exact) mass is 491 g/mol. The SMILES string of the molecule is CCOC(CNP(=O)(CO[C@H](C)Cn1cnc2c(N)ccnc21)Oc1cccc(CC)c1)OC. The van der Waals surface area contributed by atoms with Crippen molar-refractivity contribution >= 4 is 24.4 Å². The third-order valence-electron chi connectivity index (χ3n) is 5.19. The summed E-state index contributed by atoms with van der Waals surface area (Å²) in [7, 11) is -1.92. The Morgan fingerprint density at radius 1 is 1.21 bits per heavy atom. The van der Waals surface area contributed by atoms with Crippen molar-refractivity contribution in [2.75, 3.05) is 32.3 Å². The van der Waals surface area contributed by atoms with Crippen LogP contribution >= 0.6 is 7.52 Å². The first-order valence-corrected chi connectivity index (χ1v) is 13.1. The van der Waals surface area contributed by atoms with Gasteiger partial charge in [0.15, 0.2) is 11.9 Å². The van der Waals surface area contributed by atoms with Crippen LogP contribution in [0.4, 0.5) is 5.69 Å². The summed E-state index contributed by atoms with van der Waals surface area (Å²) >= 11 is 0. The third kappa shape index (κ3) is 7.01. The molecule has 11 heteroatoms. The molecule has 0 saturated heterocycles. The Morgan fingerprint density at radius 2 is 2.03 bits per heavy atom. The highest BCUT2D eigenvalue weighted by molar-refractivity contribution is 7.57. The number of fused-ring (bicyclic) bond motifs is 1. The number of ether oxygens (including phenoxy) is 3. The molecule has 0 amide bonds. The van der Waals surface area contributed by atoms with E-state index >= 15 is 0 Å². The number of rotatable bonds is 14. The number of benzene rings is 1. The quantitative estimate of drug-likeness (QED) is 0.256. The molecule has 3 aromatic rings. The predicted molar refractivity (Wildman–Crippen MR) is 132 cm³/mol. The largest absolute Gasteiger partial charge is 0.431 e. The fraction of sp³-hybridized carbons (Fsp3) is 0.478. The first kappa shape index (κ1) is 26.1. The molecule has 3 rings (SSSR count). The van der Waals surface area contributed by atoms with Crippen LogP contribution in [0.3, 0.4) is 0 Å². The number of anilines is 1. The number of aromatic nitrogens is 3. The molecule has 0 radical (unpaired) electrons. The van der Waals surface area contributed by atoms with Gasteiger partial charge in [0.1, 0.15) is 17.6 Å². The van der Waals surface area contributed by atoms with Crippen LogP contribution in [0.15, 0.2) is 42.9 Å². The second kappa shape index (κ2) is 12.3. The normalized spacial score (nSPS) is 15.2. The van der Waals surface area contributed by atoms with E-state index in [1.54, 1.807) is 24.7 Å². The average Bonchev–Trinajstić information content (AvgIpc) is 3.24. The van der Waals surface area contributed by atoms with E-state index in [-0.39, 0.29) is 19.0 Å². The van der Waals surface area contributed by atoms with Gasteiger partial charge >= 0.3 is 7.52 Å². The molecule has 34 heavy (non-hydrogen) atoms. The van der Waals surface area contributed by atoms with Gasteiger partial charge < -0.3 is 29.0 Å². The molecule has 2 unspecified atom stereocenters. The Balaban J connectivity index is 1.70. The minimum Gasteiger partial charge on any atom is -0.431 e. The summed E-state index contributed by atoms with van der Waals surface area (Å²) in [5, 5.41) is 2.98. The van der Waals surface area contributed by atoms with E-state index in [2.05, 4.69) is 22.0 Å². The average molecular weight is 492 g/mol. The maximum atomic E-state index is 13.8. The molecule has 0 aliphatic carbocycles. The van der Waals surface area contributed by atoms with E-state index < -0.39 is 13.8 Å². The second-order valence-corrected chi connectivity index (χ2v) is 9.93. The van der Waals surface area contributed by atoms with E-state index in [9.17, 15) is 4.57 Å². The maximum Gasteiger partial charge on any atom is 0.342 e. The van der Waals surface area contributed by atoms with Crippen molar-refractivity contribution in [1.82, 2.24) is 19.6 Å². The summed E-state index contributed by atoms with van der Waals surface area (Å²) in [5.74, 6) is 0.511. The van der Waals surface area contributed by atoms with E-state index in [4.69, 9.17) is 24.5 Å². The summed E-state index contributed by atoms with van der Waals surface area (Å²) in [6.45, 7) is 6.91. The van der Waals surface area contributed by atoms with Gasteiger partial charge in [0, 0.05) is 19.9 Å². The van der Waals surface area contributed by atoms with Crippen LogP contribution in [-0.2, 0) is 31.7 Å². The zero-order valence-corrected chi connectivity index (χ0v) is 21.0. The third-order valence-corrected chi connectivity index (χ3v) is 6.85. The smallest absolute Gasteiger partial charge is 0.342 e. The van der Waals surface area contributed by atoms with Crippen LogP contribution < -0.4 is 15.3 Å². The molecule has 3 atom stereocenters. The lowest BCUT2D eigenvalue weighted by Crippen LogP contribution is -2.32. The lowest BCUT2D eigenvalue weighted by Gasteiger charge is -2.25. The van der Waals surface area contributed by atoms with Gasteiger partial charge in [0.2, 0.25) is 0 Å². The van der Waals surface area contributed by atoms with Crippen molar-refractivity contribution in [3.8, 4) is 5.75 Å². The Morgan fingerprint density at radius 3 is 2.76 bits per heavy atom. The molecule has 0 bridgehead atoms. The molecule has 0 spiro atoms. The fourth-order valence-electron chi connectivity index (χ4n) is 3.38. The minimum atomic E-state index is -3.45. The summed E-state index contributed by atoms with van der Waals surface area (Å²) in [4.78, 5) is 8.69. The molecule has 0 aliphatic heterocycles. The number of nitrogens with zero attached hydrogens (tertiary/aromatic N) is 3. The number of nitrogen functional groups attached to an aromatic ring is 1. The van der Waals surface area contributed by atoms with Crippen LogP contribution in [0.2, 0.25) is 0 Å². The molecule has 2 aromatic heterocycles. The van der Waals surface area contributed by atoms with Crippen LogP contribution in [-0.4, -0.2) is 53.5 Å². The first-order chi connectivity index (χ1) is 16.4. The number of aryl methyl sites for hydroxylation is 1. The first-order valence-electron chi connectivity index (χ1n) is 11.3. The van der Waals surface area contributed by atoms with E-state index in [1.165, 1.54) is 7.11 Å². The molecular weight excluding hydrogens is 457 g/mol. The van der Waals surface area contributed by atoms with Crippen molar-refractivity contribution < 1.29 is 23.3 Å². The molecular formula is C23H34N5O5P. The highest BCUT2D eigenvalue weighted by Crippen LogP contribution is 2.43. The molecule has 3 N–H and O–H groups in total. The fourth-order valence-corrected chi connectivity index (χ4v) is 4.92. The number of nitrogens with two attached hydrogens (primary N) is 1. The zero-order chi connectivity index (χ0) is 24.6. The lowest BCUT2D eigenvalue weighted by molar-refractivity contribution is -0.114. The molecule has 10 nitrogen and oxygen atoms in total. The van der Waals surface area contributed by atoms with E-state index in [0.29, 0.717) is 35.8 Å². The van der Waals surface area contributed by atoms with E-state index in [1.807, 2.05) is 36.6 Å². The molecule has 0 aliphatic rings. The Labute approximate surface area is 200 Å². The van der Waals surface area contributed by atoms with Gasteiger partial charge in [-0.2, -0.15) is 0 Å². The standard InChI is InChI=1S/C23H34N5O5P/c1-5-18-8-7-9-19(12-18)33-34(29,27-13-21(30-4)31-6-2)16-32-17(3)14-28-15-26-22-20(24)10-11-25-23(22)28/h7-12,15,17,21H,5-6,13-14,16H2,1-4H3,(H2,24,25)(H,27,29)/t17-,21?,34?/m1/s1. The molecule has 0 saturated carbocycles. The second-order valence-electron chi connectivity index (χ2n) is 7.82. The molecule has 186 valence electrons. The van der Waals surface area contributed by atoms with E-state index in [0.717, 1.165) is 12.0 Å². The summed E-state index contributed by atoms with van der Waals surface area (Å²) in [6, 6.07) is 9.24. The van der Waals surface area contributed by atoms with Gasteiger partial charge in [-0.15, -0.1) is 0 Å². The van der Waals surface area contributed by atoms with Crippen molar-refractivity contribution in [3.63, 3.8) is 0 Å². The number of imidazole rings is 1. The molecule has 2 heterocycles. The number of nitrogens with one attached hydrogen (secondary N) is 1. The number of methoxy groups -OCH3 is 1. The highest BCUT2D eigenvalue weighted by atomic mass is 31.2. The van der Waals surface area contributed by atoms with Crippen LogP contribution in [0.25, 0.3) is 11.2 Å². The summed E-state index contributed by atoms with van der Waals surface area (Å²) in [6.07, 6.45) is 3.15. The van der Waals surface area contributed by atoms with Gasteiger partial charge in [-0.1, -0.05) is 19.1 Å². The maximum absolute atomic E-state index is 13.8.